The summed E-state index contributed by atoms with van der Waals surface area (Å²) in [6.45, 7) is 5.02. The molecule has 0 bridgehead atoms. The molecule has 6 nitrogen and oxygen atoms in total. The first kappa shape index (κ1) is 26.8. The third-order valence-corrected chi connectivity index (χ3v) is 6.38. The maximum Gasteiger partial charge on any atom is 0.416 e. The SMILES string of the molecule is C[C@@H]1CN([C@@H](C)CO)C(=O)c2cccc(N(C)C)c2O[C@@H]1CN(C)Cc1ccc(C(F)(F)F)cc1. The number of likely N-dealkylation sites (N-methyl/N-ethyl adjacent to an activating group) is 1. The van der Waals surface area contributed by atoms with Gasteiger partial charge >= 0.3 is 6.18 Å². The zero-order valence-corrected chi connectivity index (χ0v) is 20.8. The molecule has 1 amide bonds. The molecule has 3 rings (SSSR count). The van der Waals surface area contributed by atoms with Crippen molar-refractivity contribution in [2.45, 2.75) is 38.7 Å². The van der Waals surface area contributed by atoms with E-state index in [1.165, 1.54) is 12.1 Å². The zero-order chi connectivity index (χ0) is 25.9. The van der Waals surface area contributed by atoms with Gasteiger partial charge in [-0.2, -0.15) is 13.2 Å². The molecule has 9 heteroatoms. The number of hydrogen-bond donors (Lipinski definition) is 1. The Morgan fingerprint density at radius 3 is 2.37 bits per heavy atom. The van der Waals surface area contributed by atoms with Crippen LogP contribution in [0.4, 0.5) is 18.9 Å². The molecule has 1 heterocycles. The summed E-state index contributed by atoms with van der Waals surface area (Å²) in [6, 6.07) is 10.3. The van der Waals surface area contributed by atoms with E-state index in [1.54, 1.807) is 11.0 Å². The standard InChI is InChI=1S/C26H34F3N3O3/c1-17-13-32(18(2)16-33)25(34)21-7-6-8-22(30(3)4)24(21)35-23(17)15-31(5)14-19-9-11-20(12-10-19)26(27,28)29/h6-12,17-18,23,33H,13-16H2,1-5H3/t17-,18+,23-/m1/s1. The number of para-hydroxylation sites is 1. The van der Waals surface area contributed by atoms with Crippen molar-refractivity contribution >= 4 is 11.6 Å². The van der Waals surface area contributed by atoms with Gasteiger partial charge in [0, 0.05) is 39.6 Å². The largest absolute Gasteiger partial charge is 0.486 e. The molecule has 0 aliphatic carbocycles. The highest BCUT2D eigenvalue weighted by atomic mass is 19.4. The molecule has 0 spiro atoms. The summed E-state index contributed by atoms with van der Waals surface area (Å²) in [6.07, 6.45) is -4.66. The quantitative estimate of drug-likeness (QED) is 0.629. The minimum atomic E-state index is -4.36. The Balaban J connectivity index is 1.87. The van der Waals surface area contributed by atoms with Crippen molar-refractivity contribution in [1.82, 2.24) is 9.80 Å². The first-order valence-electron chi connectivity index (χ1n) is 11.7. The molecule has 1 aliphatic rings. The molecule has 1 aliphatic heterocycles. The van der Waals surface area contributed by atoms with Gasteiger partial charge in [0.25, 0.3) is 5.91 Å². The topological polar surface area (TPSA) is 56.3 Å². The Hall–Kier alpha value is -2.78. The zero-order valence-electron chi connectivity index (χ0n) is 20.8. The van der Waals surface area contributed by atoms with Gasteiger partial charge in [-0.25, -0.2) is 0 Å². The second kappa shape index (κ2) is 10.9. The Bertz CT molecular complexity index is 1010. The monoisotopic (exact) mass is 493 g/mol. The number of aliphatic hydroxyl groups is 1. The number of benzene rings is 2. The van der Waals surface area contributed by atoms with Crippen LogP contribution >= 0.6 is 0 Å². The van der Waals surface area contributed by atoms with E-state index in [-0.39, 0.29) is 30.6 Å². The van der Waals surface area contributed by atoms with E-state index in [4.69, 9.17) is 4.74 Å². The smallest absolute Gasteiger partial charge is 0.416 e. The number of halogens is 3. The van der Waals surface area contributed by atoms with Gasteiger partial charge in [0.05, 0.1) is 29.5 Å². The number of rotatable bonds is 7. The van der Waals surface area contributed by atoms with Gasteiger partial charge in [0.1, 0.15) is 6.10 Å². The summed E-state index contributed by atoms with van der Waals surface area (Å²) in [4.78, 5) is 19.0. The minimum Gasteiger partial charge on any atom is -0.486 e. The van der Waals surface area contributed by atoms with Crippen molar-refractivity contribution in [3.05, 3.63) is 59.2 Å². The van der Waals surface area contributed by atoms with Crippen LogP contribution in [0.1, 0.15) is 35.3 Å². The van der Waals surface area contributed by atoms with Crippen LogP contribution in [0.5, 0.6) is 5.75 Å². The molecule has 0 fully saturated rings. The maximum atomic E-state index is 13.4. The molecular formula is C26H34F3N3O3. The second-order valence-electron chi connectivity index (χ2n) is 9.56. The van der Waals surface area contributed by atoms with E-state index in [1.807, 2.05) is 56.9 Å². The number of nitrogens with zero attached hydrogens (tertiary/aromatic N) is 3. The highest BCUT2D eigenvalue weighted by Gasteiger charge is 2.35. The van der Waals surface area contributed by atoms with Crippen LogP contribution in [0.2, 0.25) is 0 Å². The summed E-state index contributed by atoms with van der Waals surface area (Å²) in [7, 11) is 5.65. The van der Waals surface area contributed by atoms with Crippen molar-refractivity contribution in [1.29, 1.82) is 0 Å². The van der Waals surface area contributed by atoms with Crippen LogP contribution in [0, 0.1) is 5.92 Å². The number of anilines is 1. The Morgan fingerprint density at radius 2 is 1.80 bits per heavy atom. The van der Waals surface area contributed by atoms with Crippen molar-refractivity contribution in [2.75, 3.05) is 45.7 Å². The number of carbonyl (C=O) groups excluding carboxylic acids is 1. The lowest BCUT2D eigenvalue weighted by Crippen LogP contribution is -2.49. The summed E-state index contributed by atoms with van der Waals surface area (Å²) >= 11 is 0. The fraction of sp³-hybridized carbons (Fsp3) is 0.500. The summed E-state index contributed by atoms with van der Waals surface area (Å²) < 4.78 is 45.2. The van der Waals surface area contributed by atoms with E-state index in [2.05, 4.69) is 0 Å². The number of carbonyl (C=O) groups is 1. The predicted molar refractivity (Wildman–Crippen MR) is 130 cm³/mol. The second-order valence-corrected chi connectivity index (χ2v) is 9.56. The van der Waals surface area contributed by atoms with Gasteiger partial charge in [0.15, 0.2) is 5.75 Å². The van der Waals surface area contributed by atoms with Crippen LogP contribution in [0.3, 0.4) is 0 Å². The van der Waals surface area contributed by atoms with Gasteiger partial charge in [-0.15, -0.1) is 0 Å². The lowest BCUT2D eigenvalue weighted by molar-refractivity contribution is -0.137. The molecule has 192 valence electrons. The summed E-state index contributed by atoms with van der Waals surface area (Å²) in [5, 5.41) is 9.78. The van der Waals surface area contributed by atoms with E-state index in [0.717, 1.165) is 23.4 Å². The van der Waals surface area contributed by atoms with Crippen LogP contribution < -0.4 is 9.64 Å². The number of hydrogen-bond acceptors (Lipinski definition) is 5. The number of ether oxygens (including phenoxy) is 1. The first-order chi connectivity index (χ1) is 16.4. The lowest BCUT2D eigenvalue weighted by atomic mass is 9.98. The number of alkyl halides is 3. The molecular weight excluding hydrogens is 459 g/mol. The van der Waals surface area contributed by atoms with E-state index in [0.29, 0.717) is 30.9 Å². The Labute approximate surface area is 204 Å². The van der Waals surface area contributed by atoms with Crippen LogP contribution in [0.25, 0.3) is 0 Å². The Morgan fingerprint density at radius 1 is 1.14 bits per heavy atom. The fourth-order valence-corrected chi connectivity index (χ4v) is 4.28. The van der Waals surface area contributed by atoms with Gasteiger partial charge in [0.2, 0.25) is 0 Å². The molecule has 0 unspecified atom stereocenters. The van der Waals surface area contributed by atoms with Gasteiger partial charge in [-0.05, 0) is 43.8 Å². The van der Waals surface area contributed by atoms with E-state index >= 15 is 0 Å². The average Bonchev–Trinajstić information content (AvgIpc) is 2.80. The fourth-order valence-electron chi connectivity index (χ4n) is 4.28. The predicted octanol–water partition coefficient (Wildman–Crippen LogP) is 4.12. The molecule has 2 aromatic rings. The van der Waals surface area contributed by atoms with Gasteiger partial charge < -0.3 is 19.6 Å². The maximum absolute atomic E-state index is 13.4. The van der Waals surface area contributed by atoms with Gasteiger partial charge in [-0.1, -0.05) is 25.1 Å². The molecule has 0 aromatic heterocycles. The van der Waals surface area contributed by atoms with Gasteiger partial charge in [-0.3, -0.25) is 9.69 Å². The number of amides is 1. The molecule has 2 aromatic carbocycles. The first-order valence-corrected chi connectivity index (χ1v) is 11.7. The lowest BCUT2D eigenvalue weighted by Gasteiger charge is -2.39. The highest BCUT2D eigenvalue weighted by molar-refractivity contribution is 5.99. The molecule has 3 atom stereocenters. The molecule has 1 N–H and O–H groups in total. The molecule has 0 saturated heterocycles. The normalized spacial score (nSPS) is 19.6. The molecule has 0 radical (unpaired) electrons. The molecule has 35 heavy (non-hydrogen) atoms. The third kappa shape index (κ3) is 6.27. The minimum absolute atomic E-state index is 0.0635. The van der Waals surface area contributed by atoms with E-state index in [9.17, 15) is 23.1 Å². The Kier molecular flexibility index (Phi) is 8.33. The van der Waals surface area contributed by atoms with Crippen molar-refractivity contribution in [3.63, 3.8) is 0 Å². The number of fused-ring (bicyclic) bond motifs is 1. The summed E-state index contributed by atoms with van der Waals surface area (Å²) in [5.41, 5.74) is 1.31. The van der Waals surface area contributed by atoms with Crippen molar-refractivity contribution in [3.8, 4) is 5.75 Å². The van der Waals surface area contributed by atoms with Crippen molar-refractivity contribution in [2.24, 2.45) is 5.92 Å². The van der Waals surface area contributed by atoms with Crippen molar-refractivity contribution < 1.29 is 27.8 Å². The number of aliphatic hydroxyl groups excluding tert-OH is 1. The van der Waals surface area contributed by atoms with Crippen LogP contribution in [-0.4, -0.2) is 73.8 Å². The van der Waals surface area contributed by atoms with Crippen LogP contribution in [-0.2, 0) is 12.7 Å². The third-order valence-electron chi connectivity index (χ3n) is 6.38. The average molecular weight is 494 g/mol. The molecule has 0 saturated carbocycles. The summed E-state index contributed by atoms with van der Waals surface area (Å²) in [5.74, 6) is 0.247. The van der Waals surface area contributed by atoms with E-state index < -0.39 is 11.7 Å². The van der Waals surface area contributed by atoms with Crippen LogP contribution in [0.15, 0.2) is 42.5 Å². The highest BCUT2D eigenvalue weighted by Crippen LogP contribution is 2.36.